The number of para-hydroxylation sites is 1. The number of hydrogen-bond acceptors (Lipinski definition) is 4. The lowest BCUT2D eigenvalue weighted by molar-refractivity contribution is -0.127. The summed E-state index contributed by atoms with van der Waals surface area (Å²) in [7, 11) is 3.51. The lowest BCUT2D eigenvalue weighted by atomic mass is 10.1. The van der Waals surface area contributed by atoms with Gasteiger partial charge >= 0.3 is 0 Å². The standard InChI is InChI=1S/C18H23N5O2/c1-12-9-15(18(25)23(12)14-7-5-4-6-8-14)21-17(24)16(19-2)13-10-20-22(3)11-13/h4-8,10-12,15-16,19H,9H2,1-3H3,(H,21,24). The van der Waals surface area contributed by atoms with Crippen LogP contribution in [0.15, 0.2) is 42.7 Å². The Bertz CT molecular complexity index is 758. The fourth-order valence-electron chi connectivity index (χ4n) is 3.32. The first-order valence-corrected chi connectivity index (χ1v) is 8.35. The Morgan fingerprint density at radius 2 is 2.04 bits per heavy atom. The Morgan fingerprint density at radius 3 is 2.64 bits per heavy atom. The van der Waals surface area contributed by atoms with E-state index in [9.17, 15) is 9.59 Å². The number of nitrogens with zero attached hydrogens (tertiary/aromatic N) is 3. The number of carbonyl (C=O) groups is 2. The van der Waals surface area contributed by atoms with Gasteiger partial charge in [-0.15, -0.1) is 0 Å². The minimum atomic E-state index is -0.539. The molecule has 0 spiro atoms. The molecule has 0 radical (unpaired) electrons. The number of aromatic nitrogens is 2. The topological polar surface area (TPSA) is 79.3 Å². The van der Waals surface area contributed by atoms with Crippen LogP contribution in [0.1, 0.15) is 24.9 Å². The van der Waals surface area contributed by atoms with Crippen LogP contribution in [0.25, 0.3) is 0 Å². The van der Waals surface area contributed by atoms with Crippen LogP contribution in [0.5, 0.6) is 0 Å². The summed E-state index contributed by atoms with van der Waals surface area (Å²) in [6.07, 6.45) is 4.02. The summed E-state index contributed by atoms with van der Waals surface area (Å²) in [4.78, 5) is 27.2. The van der Waals surface area contributed by atoms with E-state index in [-0.39, 0.29) is 17.9 Å². The van der Waals surface area contributed by atoms with Crippen LogP contribution in [-0.4, -0.2) is 40.7 Å². The van der Waals surface area contributed by atoms with E-state index in [1.54, 1.807) is 36.1 Å². The smallest absolute Gasteiger partial charge is 0.249 e. The quantitative estimate of drug-likeness (QED) is 0.850. The van der Waals surface area contributed by atoms with Gasteiger partial charge in [0.25, 0.3) is 0 Å². The number of anilines is 1. The molecule has 132 valence electrons. The van der Waals surface area contributed by atoms with Gasteiger partial charge in [-0.3, -0.25) is 14.3 Å². The number of amides is 2. The molecule has 1 aromatic heterocycles. The monoisotopic (exact) mass is 341 g/mol. The van der Waals surface area contributed by atoms with E-state index in [1.165, 1.54) is 0 Å². The number of carbonyl (C=O) groups excluding carboxylic acids is 2. The maximum Gasteiger partial charge on any atom is 0.249 e. The fourth-order valence-corrected chi connectivity index (χ4v) is 3.32. The third-order valence-corrected chi connectivity index (χ3v) is 4.51. The van der Waals surface area contributed by atoms with Gasteiger partial charge in [-0.05, 0) is 32.5 Å². The second-order valence-electron chi connectivity index (χ2n) is 6.36. The maximum absolute atomic E-state index is 12.8. The largest absolute Gasteiger partial charge is 0.343 e. The zero-order valence-corrected chi connectivity index (χ0v) is 14.6. The van der Waals surface area contributed by atoms with Gasteiger partial charge in [0.2, 0.25) is 11.8 Å². The van der Waals surface area contributed by atoms with Gasteiger partial charge in [0, 0.05) is 30.5 Å². The Kier molecular flexibility index (Phi) is 4.85. The zero-order chi connectivity index (χ0) is 18.0. The van der Waals surface area contributed by atoms with E-state index < -0.39 is 12.1 Å². The third kappa shape index (κ3) is 3.41. The molecule has 0 saturated carbocycles. The molecule has 7 nitrogen and oxygen atoms in total. The van der Waals surface area contributed by atoms with Crippen LogP contribution in [0.4, 0.5) is 5.69 Å². The van der Waals surface area contributed by atoms with Gasteiger partial charge < -0.3 is 15.5 Å². The second-order valence-corrected chi connectivity index (χ2v) is 6.36. The van der Waals surface area contributed by atoms with Gasteiger partial charge in [-0.1, -0.05) is 18.2 Å². The minimum absolute atomic E-state index is 0.0339. The molecule has 1 aliphatic heterocycles. The van der Waals surface area contributed by atoms with Gasteiger partial charge in [0.15, 0.2) is 0 Å². The first-order chi connectivity index (χ1) is 12.0. The number of hydrogen-bond donors (Lipinski definition) is 2. The van der Waals surface area contributed by atoms with Crippen molar-refractivity contribution in [2.75, 3.05) is 11.9 Å². The van der Waals surface area contributed by atoms with Crippen molar-refractivity contribution >= 4 is 17.5 Å². The van der Waals surface area contributed by atoms with E-state index in [1.807, 2.05) is 37.3 Å². The van der Waals surface area contributed by atoms with E-state index >= 15 is 0 Å². The molecule has 1 aromatic carbocycles. The number of aryl methyl sites for hydroxylation is 1. The highest BCUT2D eigenvalue weighted by atomic mass is 16.2. The number of benzene rings is 1. The molecule has 2 N–H and O–H groups in total. The van der Waals surface area contributed by atoms with Crippen molar-refractivity contribution < 1.29 is 9.59 Å². The number of nitrogens with one attached hydrogen (secondary N) is 2. The highest BCUT2D eigenvalue weighted by molar-refractivity contribution is 6.02. The summed E-state index contributed by atoms with van der Waals surface area (Å²) in [6, 6.07) is 8.51. The van der Waals surface area contributed by atoms with Crippen LogP contribution < -0.4 is 15.5 Å². The SMILES string of the molecule is CNC(C(=O)NC1CC(C)N(c2ccccc2)C1=O)c1cnn(C)c1. The van der Waals surface area contributed by atoms with E-state index in [2.05, 4.69) is 15.7 Å². The average molecular weight is 341 g/mol. The van der Waals surface area contributed by atoms with Crippen LogP contribution >= 0.6 is 0 Å². The van der Waals surface area contributed by atoms with Gasteiger partial charge in [0.1, 0.15) is 12.1 Å². The molecule has 3 atom stereocenters. The summed E-state index contributed by atoms with van der Waals surface area (Å²) in [6.45, 7) is 1.99. The van der Waals surface area contributed by atoms with Crippen LogP contribution in [-0.2, 0) is 16.6 Å². The van der Waals surface area contributed by atoms with Crippen molar-refractivity contribution in [1.29, 1.82) is 0 Å². The van der Waals surface area contributed by atoms with E-state index in [4.69, 9.17) is 0 Å². The summed E-state index contributed by atoms with van der Waals surface area (Å²) >= 11 is 0. The third-order valence-electron chi connectivity index (χ3n) is 4.51. The molecule has 1 fully saturated rings. The predicted octanol–water partition coefficient (Wildman–Crippen LogP) is 0.991. The van der Waals surface area contributed by atoms with Gasteiger partial charge in [-0.25, -0.2) is 0 Å². The molecule has 2 aromatic rings. The fraction of sp³-hybridized carbons (Fsp3) is 0.389. The molecule has 2 heterocycles. The molecule has 0 aliphatic carbocycles. The lowest BCUT2D eigenvalue weighted by Crippen LogP contribution is -2.45. The van der Waals surface area contributed by atoms with Crippen molar-refractivity contribution in [1.82, 2.24) is 20.4 Å². The van der Waals surface area contributed by atoms with Crippen molar-refractivity contribution in [2.45, 2.75) is 31.5 Å². The lowest BCUT2D eigenvalue weighted by Gasteiger charge is -2.22. The summed E-state index contributed by atoms with van der Waals surface area (Å²) in [5, 5.41) is 9.97. The van der Waals surface area contributed by atoms with Crippen LogP contribution in [0.3, 0.4) is 0 Å². The zero-order valence-electron chi connectivity index (χ0n) is 14.6. The van der Waals surface area contributed by atoms with Gasteiger partial charge in [-0.2, -0.15) is 5.10 Å². The maximum atomic E-state index is 12.8. The van der Waals surface area contributed by atoms with Crippen molar-refractivity contribution in [3.63, 3.8) is 0 Å². The van der Waals surface area contributed by atoms with E-state index in [0.29, 0.717) is 6.42 Å². The highest BCUT2D eigenvalue weighted by Crippen LogP contribution is 2.27. The first kappa shape index (κ1) is 17.2. The van der Waals surface area contributed by atoms with Crippen molar-refractivity contribution in [2.24, 2.45) is 7.05 Å². The summed E-state index contributed by atoms with van der Waals surface area (Å²) < 4.78 is 1.65. The molecule has 1 saturated heterocycles. The van der Waals surface area contributed by atoms with Crippen molar-refractivity contribution in [3.05, 3.63) is 48.3 Å². The number of rotatable bonds is 5. The molecule has 25 heavy (non-hydrogen) atoms. The molecule has 3 unspecified atom stereocenters. The molecule has 0 bridgehead atoms. The molecule has 3 rings (SSSR count). The van der Waals surface area contributed by atoms with Gasteiger partial charge in [0.05, 0.1) is 6.20 Å². The Morgan fingerprint density at radius 1 is 1.32 bits per heavy atom. The first-order valence-electron chi connectivity index (χ1n) is 8.35. The average Bonchev–Trinajstić information content (AvgIpc) is 3.13. The predicted molar refractivity (Wildman–Crippen MR) is 94.9 cm³/mol. The van der Waals surface area contributed by atoms with E-state index in [0.717, 1.165) is 11.3 Å². The van der Waals surface area contributed by atoms with Crippen LogP contribution in [0.2, 0.25) is 0 Å². The Balaban J connectivity index is 1.72. The Hall–Kier alpha value is -2.67. The second kappa shape index (κ2) is 7.06. The molecule has 2 amide bonds. The molecular weight excluding hydrogens is 318 g/mol. The summed E-state index contributed by atoms with van der Waals surface area (Å²) in [5.41, 5.74) is 1.62. The minimum Gasteiger partial charge on any atom is -0.343 e. The Labute approximate surface area is 147 Å². The normalized spacial score (nSPS) is 21.4. The molecule has 7 heteroatoms. The highest BCUT2D eigenvalue weighted by Gasteiger charge is 2.39. The summed E-state index contributed by atoms with van der Waals surface area (Å²) in [5.74, 6) is -0.302. The molecular formula is C18H23N5O2. The van der Waals surface area contributed by atoms with Crippen molar-refractivity contribution in [3.8, 4) is 0 Å². The number of likely N-dealkylation sites (N-methyl/N-ethyl adjacent to an activating group) is 1. The van der Waals surface area contributed by atoms with Crippen LogP contribution in [0, 0.1) is 0 Å². The molecule has 1 aliphatic rings.